The first-order chi connectivity index (χ1) is 13.4. The Morgan fingerprint density at radius 3 is 2.39 bits per heavy atom. The van der Waals surface area contributed by atoms with Crippen molar-refractivity contribution in [3.05, 3.63) is 59.7 Å². The van der Waals surface area contributed by atoms with Crippen LogP contribution >= 0.6 is 0 Å². The van der Waals surface area contributed by atoms with E-state index in [9.17, 15) is 14.4 Å². The maximum atomic E-state index is 12.0. The van der Waals surface area contributed by atoms with Crippen LogP contribution in [0.3, 0.4) is 0 Å². The maximum absolute atomic E-state index is 12.0. The minimum absolute atomic E-state index is 0.0544. The molecule has 0 spiro atoms. The van der Waals surface area contributed by atoms with Crippen LogP contribution in [0.2, 0.25) is 0 Å². The van der Waals surface area contributed by atoms with Crippen molar-refractivity contribution in [1.29, 1.82) is 0 Å². The van der Waals surface area contributed by atoms with Crippen LogP contribution in [0.1, 0.15) is 43.1 Å². The third-order valence-corrected chi connectivity index (χ3v) is 4.08. The molecule has 0 heterocycles. The van der Waals surface area contributed by atoms with Crippen LogP contribution in [0, 0.1) is 5.92 Å². The summed E-state index contributed by atoms with van der Waals surface area (Å²) in [6.07, 6.45) is 0.449. The Bertz CT molecular complexity index is 829. The fraction of sp³-hybridized carbons (Fsp3) is 0.318. The van der Waals surface area contributed by atoms with E-state index in [1.807, 2.05) is 45.0 Å². The van der Waals surface area contributed by atoms with Gasteiger partial charge >= 0.3 is 0 Å². The molecule has 0 aliphatic carbocycles. The second-order valence-corrected chi connectivity index (χ2v) is 6.71. The first-order valence-electron chi connectivity index (χ1n) is 9.31. The lowest BCUT2D eigenvalue weighted by Gasteiger charge is -2.11. The van der Waals surface area contributed by atoms with Crippen molar-refractivity contribution in [2.45, 2.75) is 33.7 Å². The van der Waals surface area contributed by atoms with E-state index in [0.29, 0.717) is 30.0 Å². The summed E-state index contributed by atoms with van der Waals surface area (Å²) in [6, 6.07) is 14.1. The average molecular weight is 382 g/mol. The van der Waals surface area contributed by atoms with Crippen molar-refractivity contribution in [2.75, 3.05) is 11.9 Å². The van der Waals surface area contributed by atoms with Crippen LogP contribution in [0.4, 0.5) is 5.69 Å². The molecule has 148 valence electrons. The van der Waals surface area contributed by atoms with Crippen molar-refractivity contribution in [1.82, 2.24) is 5.32 Å². The standard InChI is InChI=1S/C22H26N2O4/c1-4-20(25)17-8-10-19(11-9-17)28-14-21(26)23-13-16-6-5-7-18(12-16)24-22(27)15(2)3/h5-12,15H,4,13-14H2,1-3H3,(H,23,26)(H,24,27). The smallest absolute Gasteiger partial charge is 0.258 e. The zero-order chi connectivity index (χ0) is 20.5. The number of hydrogen-bond donors (Lipinski definition) is 2. The molecule has 0 saturated heterocycles. The van der Waals surface area contributed by atoms with Gasteiger partial charge in [0.05, 0.1) is 0 Å². The summed E-state index contributed by atoms with van der Waals surface area (Å²) in [4.78, 5) is 35.4. The molecule has 2 aromatic rings. The van der Waals surface area contributed by atoms with E-state index in [2.05, 4.69) is 10.6 Å². The number of carbonyl (C=O) groups is 3. The van der Waals surface area contributed by atoms with Crippen LogP contribution in [0.25, 0.3) is 0 Å². The largest absolute Gasteiger partial charge is 0.484 e. The summed E-state index contributed by atoms with van der Waals surface area (Å²) in [5.41, 5.74) is 2.20. The third-order valence-electron chi connectivity index (χ3n) is 4.08. The molecular weight excluding hydrogens is 356 g/mol. The van der Waals surface area contributed by atoms with E-state index >= 15 is 0 Å². The zero-order valence-corrected chi connectivity index (χ0v) is 16.5. The minimum Gasteiger partial charge on any atom is -0.484 e. The van der Waals surface area contributed by atoms with Gasteiger partial charge in [0.2, 0.25) is 5.91 Å². The first-order valence-corrected chi connectivity index (χ1v) is 9.31. The monoisotopic (exact) mass is 382 g/mol. The zero-order valence-electron chi connectivity index (χ0n) is 16.5. The molecule has 6 nitrogen and oxygen atoms in total. The fourth-order valence-corrected chi connectivity index (χ4v) is 2.39. The summed E-state index contributed by atoms with van der Waals surface area (Å²) in [5, 5.41) is 5.61. The highest BCUT2D eigenvalue weighted by atomic mass is 16.5. The summed E-state index contributed by atoms with van der Waals surface area (Å²) in [7, 11) is 0. The van der Waals surface area contributed by atoms with Crippen molar-refractivity contribution >= 4 is 23.3 Å². The fourth-order valence-electron chi connectivity index (χ4n) is 2.39. The highest BCUT2D eigenvalue weighted by Gasteiger charge is 2.08. The number of carbonyl (C=O) groups excluding carboxylic acids is 3. The number of ether oxygens (including phenoxy) is 1. The van der Waals surface area contributed by atoms with Crippen LogP contribution < -0.4 is 15.4 Å². The molecule has 2 amide bonds. The molecule has 0 fully saturated rings. The van der Waals surface area contributed by atoms with Gasteiger partial charge in [-0.15, -0.1) is 0 Å². The van der Waals surface area contributed by atoms with Crippen LogP contribution in [-0.4, -0.2) is 24.2 Å². The van der Waals surface area contributed by atoms with Gasteiger partial charge in [0, 0.05) is 30.1 Å². The molecule has 0 unspecified atom stereocenters. The summed E-state index contributed by atoms with van der Waals surface area (Å²) in [6.45, 7) is 5.68. The van der Waals surface area contributed by atoms with E-state index in [4.69, 9.17) is 4.74 Å². The molecule has 0 aromatic heterocycles. The predicted octanol–water partition coefficient (Wildman–Crippen LogP) is 3.57. The number of nitrogens with one attached hydrogen (secondary N) is 2. The van der Waals surface area contributed by atoms with Gasteiger partial charge in [0.25, 0.3) is 5.91 Å². The van der Waals surface area contributed by atoms with Crippen LogP contribution in [0.5, 0.6) is 5.75 Å². The molecular formula is C22H26N2O4. The van der Waals surface area contributed by atoms with E-state index in [1.54, 1.807) is 24.3 Å². The van der Waals surface area contributed by atoms with Crippen molar-refractivity contribution in [2.24, 2.45) is 5.92 Å². The Morgan fingerprint density at radius 1 is 1.04 bits per heavy atom. The normalized spacial score (nSPS) is 10.4. The number of hydrogen-bond acceptors (Lipinski definition) is 4. The topological polar surface area (TPSA) is 84.5 Å². The van der Waals surface area contributed by atoms with Gasteiger partial charge in [-0.2, -0.15) is 0 Å². The van der Waals surface area contributed by atoms with E-state index in [-0.39, 0.29) is 30.1 Å². The van der Waals surface area contributed by atoms with Gasteiger partial charge in [0.1, 0.15) is 5.75 Å². The minimum atomic E-state index is -0.259. The lowest BCUT2D eigenvalue weighted by molar-refractivity contribution is -0.123. The number of amides is 2. The summed E-state index contributed by atoms with van der Waals surface area (Å²) < 4.78 is 5.45. The average Bonchev–Trinajstić information content (AvgIpc) is 2.70. The van der Waals surface area contributed by atoms with Crippen molar-refractivity contribution < 1.29 is 19.1 Å². The summed E-state index contributed by atoms with van der Waals surface area (Å²) >= 11 is 0. The van der Waals surface area contributed by atoms with Gasteiger partial charge in [0.15, 0.2) is 12.4 Å². The lowest BCUT2D eigenvalue weighted by atomic mass is 10.1. The van der Waals surface area contributed by atoms with Gasteiger partial charge in [-0.25, -0.2) is 0 Å². The van der Waals surface area contributed by atoms with Crippen molar-refractivity contribution in [3.8, 4) is 5.75 Å². The Hall–Kier alpha value is -3.15. The van der Waals surface area contributed by atoms with E-state index < -0.39 is 0 Å². The molecule has 28 heavy (non-hydrogen) atoms. The Labute approximate surface area is 165 Å². The molecule has 6 heteroatoms. The van der Waals surface area contributed by atoms with Gasteiger partial charge in [-0.05, 0) is 42.0 Å². The SMILES string of the molecule is CCC(=O)c1ccc(OCC(=O)NCc2cccc(NC(=O)C(C)C)c2)cc1. The second kappa shape index (κ2) is 10.3. The van der Waals surface area contributed by atoms with Gasteiger partial charge in [-0.3, -0.25) is 14.4 Å². The molecule has 2 N–H and O–H groups in total. The lowest BCUT2D eigenvalue weighted by Crippen LogP contribution is -2.28. The predicted molar refractivity (Wildman–Crippen MR) is 108 cm³/mol. The second-order valence-electron chi connectivity index (χ2n) is 6.71. The molecule has 0 saturated carbocycles. The highest BCUT2D eigenvalue weighted by Crippen LogP contribution is 2.14. The quantitative estimate of drug-likeness (QED) is 0.650. The Kier molecular flexibility index (Phi) is 7.75. The molecule has 0 bridgehead atoms. The number of rotatable bonds is 9. The number of Topliss-reactive ketones (excluding diaryl/α,β-unsaturated/α-hetero) is 1. The van der Waals surface area contributed by atoms with E-state index in [0.717, 1.165) is 5.56 Å². The Balaban J connectivity index is 1.81. The number of ketones is 1. The molecule has 0 aliphatic heterocycles. The van der Waals surface area contributed by atoms with Gasteiger partial charge < -0.3 is 15.4 Å². The van der Waals surface area contributed by atoms with Crippen LogP contribution in [0.15, 0.2) is 48.5 Å². The molecule has 2 aromatic carbocycles. The van der Waals surface area contributed by atoms with Crippen molar-refractivity contribution in [3.63, 3.8) is 0 Å². The number of benzene rings is 2. The maximum Gasteiger partial charge on any atom is 0.258 e. The van der Waals surface area contributed by atoms with E-state index in [1.165, 1.54) is 0 Å². The number of anilines is 1. The summed E-state index contributed by atoms with van der Waals surface area (Å²) in [5.74, 6) is 0.179. The highest BCUT2D eigenvalue weighted by molar-refractivity contribution is 5.96. The molecule has 0 radical (unpaired) electrons. The molecule has 0 aliphatic rings. The third kappa shape index (κ3) is 6.54. The molecule has 0 atom stereocenters. The Morgan fingerprint density at radius 2 is 1.75 bits per heavy atom. The van der Waals surface area contributed by atoms with Gasteiger partial charge in [-0.1, -0.05) is 32.9 Å². The first kappa shape index (κ1) is 21.2. The molecule has 2 rings (SSSR count). The van der Waals surface area contributed by atoms with Crippen LogP contribution in [-0.2, 0) is 16.1 Å².